The second-order valence-corrected chi connectivity index (χ2v) is 7.92. The molecular weight excluding hydrogens is 378 g/mol. The SMILES string of the molecule is O=C(CCc1cccnc1)Cc1ccc(CCc2ccccc2-c2ccccc2)cc1. The summed E-state index contributed by atoms with van der Waals surface area (Å²) in [4.78, 5) is 16.4. The van der Waals surface area contributed by atoms with Crippen molar-refractivity contribution >= 4 is 5.78 Å². The molecule has 4 rings (SSSR count). The fourth-order valence-corrected chi connectivity index (χ4v) is 3.89. The minimum absolute atomic E-state index is 0.272. The average molecular weight is 406 g/mol. The van der Waals surface area contributed by atoms with Crippen molar-refractivity contribution in [1.82, 2.24) is 4.98 Å². The monoisotopic (exact) mass is 405 g/mol. The number of carbonyl (C=O) groups is 1. The minimum Gasteiger partial charge on any atom is -0.299 e. The van der Waals surface area contributed by atoms with E-state index in [2.05, 4.69) is 83.8 Å². The first-order chi connectivity index (χ1) is 15.3. The summed E-state index contributed by atoms with van der Waals surface area (Å²) in [6.45, 7) is 0. The highest BCUT2D eigenvalue weighted by Crippen LogP contribution is 2.24. The molecule has 0 aliphatic rings. The highest BCUT2D eigenvalue weighted by atomic mass is 16.1. The molecule has 1 heterocycles. The third-order valence-electron chi connectivity index (χ3n) is 5.62. The number of carbonyl (C=O) groups excluding carboxylic acids is 1. The molecule has 0 radical (unpaired) electrons. The van der Waals surface area contributed by atoms with E-state index >= 15 is 0 Å². The fraction of sp³-hybridized carbons (Fsp3) is 0.172. The third-order valence-corrected chi connectivity index (χ3v) is 5.62. The second-order valence-electron chi connectivity index (χ2n) is 7.92. The van der Waals surface area contributed by atoms with E-state index in [-0.39, 0.29) is 5.78 Å². The molecule has 154 valence electrons. The van der Waals surface area contributed by atoms with Gasteiger partial charge in [-0.05, 0) is 58.7 Å². The molecule has 0 saturated carbocycles. The predicted molar refractivity (Wildman–Crippen MR) is 127 cm³/mol. The number of nitrogens with zero attached hydrogens (tertiary/aromatic N) is 1. The summed E-state index contributed by atoms with van der Waals surface area (Å²) in [6.07, 6.45) is 7.38. The third kappa shape index (κ3) is 5.99. The van der Waals surface area contributed by atoms with E-state index in [1.54, 1.807) is 6.20 Å². The van der Waals surface area contributed by atoms with Gasteiger partial charge in [-0.3, -0.25) is 9.78 Å². The van der Waals surface area contributed by atoms with Crippen molar-refractivity contribution in [3.05, 3.63) is 126 Å². The van der Waals surface area contributed by atoms with Gasteiger partial charge in [-0.25, -0.2) is 0 Å². The van der Waals surface area contributed by atoms with Crippen LogP contribution in [0.15, 0.2) is 103 Å². The summed E-state index contributed by atoms with van der Waals surface area (Å²) in [7, 11) is 0. The van der Waals surface area contributed by atoms with Crippen molar-refractivity contribution in [2.45, 2.75) is 32.1 Å². The Morgan fingerprint density at radius 2 is 1.39 bits per heavy atom. The van der Waals surface area contributed by atoms with Crippen molar-refractivity contribution in [2.24, 2.45) is 0 Å². The lowest BCUT2D eigenvalue weighted by atomic mass is 9.94. The number of hydrogen-bond donors (Lipinski definition) is 0. The first-order valence-corrected chi connectivity index (χ1v) is 10.9. The topological polar surface area (TPSA) is 30.0 Å². The molecule has 1 aromatic heterocycles. The quantitative estimate of drug-likeness (QED) is 0.328. The number of ketones is 1. The summed E-state index contributed by atoms with van der Waals surface area (Å²) in [5.41, 5.74) is 7.43. The van der Waals surface area contributed by atoms with E-state index in [9.17, 15) is 4.79 Å². The second kappa shape index (κ2) is 10.5. The zero-order chi connectivity index (χ0) is 21.3. The number of Topliss-reactive ketones (excluding diaryl/α,β-unsaturated/α-hetero) is 1. The highest BCUT2D eigenvalue weighted by Gasteiger charge is 2.07. The number of hydrogen-bond acceptors (Lipinski definition) is 2. The Balaban J connectivity index is 1.32. The van der Waals surface area contributed by atoms with E-state index in [4.69, 9.17) is 0 Å². The molecule has 0 bridgehead atoms. The van der Waals surface area contributed by atoms with Gasteiger partial charge in [0.15, 0.2) is 0 Å². The summed E-state index contributed by atoms with van der Waals surface area (Å²) >= 11 is 0. The Bertz CT molecular complexity index is 1100. The van der Waals surface area contributed by atoms with E-state index in [1.165, 1.54) is 22.3 Å². The Hall–Kier alpha value is -3.52. The molecular formula is C29H27NO. The van der Waals surface area contributed by atoms with Gasteiger partial charge in [-0.1, -0.05) is 84.9 Å². The van der Waals surface area contributed by atoms with Gasteiger partial charge in [0.2, 0.25) is 0 Å². The van der Waals surface area contributed by atoms with Gasteiger partial charge in [0.25, 0.3) is 0 Å². The maximum atomic E-state index is 12.3. The van der Waals surface area contributed by atoms with Gasteiger partial charge < -0.3 is 0 Å². The Kier molecular flexibility index (Phi) is 7.02. The smallest absolute Gasteiger partial charge is 0.137 e. The van der Waals surface area contributed by atoms with Crippen LogP contribution < -0.4 is 0 Å². The standard InChI is InChI=1S/C29H27NO/c31-28(19-17-25-7-6-20-30-22-25)21-24-14-12-23(13-15-24)16-18-27-10-4-5-11-29(27)26-8-2-1-3-9-26/h1-15,20,22H,16-19,21H2. The molecule has 0 spiro atoms. The van der Waals surface area contributed by atoms with Crippen LogP contribution in [0.1, 0.15) is 28.7 Å². The van der Waals surface area contributed by atoms with E-state index < -0.39 is 0 Å². The summed E-state index contributed by atoms with van der Waals surface area (Å²) in [5.74, 6) is 0.272. The molecule has 0 aliphatic carbocycles. The first-order valence-electron chi connectivity index (χ1n) is 10.9. The molecule has 0 atom stereocenters. The Morgan fingerprint density at radius 3 is 2.16 bits per heavy atom. The highest BCUT2D eigenvalue weighted by molar-refractivity contribution is 5.81. The number of aryl methyl sites for hydroxylation is 3. The molecule has 0 fully saturated rings. The van der Waals surface area contributed by atoms with E-state index in [1.807, 2.05) is 18.3 Å². The van der Waals surface area contributed by atoms with Crippen LogP contribution >= 0.6 is 0 Å². The maximum absolute atomic E-state index is 12.3. The van der Waals surface area contributed by atoms with E-state index in [0.717, 1.165) is 30.4 Å². The Morgan fingerprint density at radius 1 is 0.645 bits per heavy atom. The lowest BCUT2D eigenvalue weighted by Gasteiger charge is -2.10. The zero-order valence-electron chi connectivity index (χ0n) is 17.7. The minimum atomic E-state index is 0.272. The van der Waals surface area contributed by atoms with Crippen molar-refractivity contribution in [3.63, 3.8) is 0 Å². The van der Waals surface area contributed by atoms with Gasteiger partial charge in [0, 0.05) is 25.2 Å². The van der Waals surface area contributed by atoms with Crippen LogP contribution in [-0.4, -0.2) is 10.8 Å². The van der Waals surface area contributed by atoms with Gasteiger partial charge in [-0.2, -0.15) is 0 Å². The molecule has 2 nitrogen and oxygen atoms in total. The van der Waals surface area contributed by atoms with Crippen molar-refractivity contribution < 1.29 is 4.79 Å². The van der Waals surface area contributed by atoms with Gasteiger partial charge >= 0.3 is 0 Å². The van der Waals surface area contributed by atoms with Crippen molar-refractivity contribution in [3.8, 4) is 11.1 Å². The molecule has 0 N–H and O–H groups in total. The fourth-order valence-electron chi connectivity index (χ4n) is 3.89. The van der Waals surface area contributed by atoms with Crippen LogP contribution in [-0.2, 0) is 30.5 Å². The summed E-state index contributed by atoms with van der Waals surface area (Å²) in [5, 5.41) is 0. The molecule has 2 heteroatoms. The summed E-state index contributed by atoms with van der Waals surface area (Å²) < 4.78 is 0. The van der Waals surface area contributed by atoms with Gasteiger partial charge in [-0.15, -0.1) is 0 Å². The molecule has 3 aromatic carbocycles. The number of benzene rings is 3. The zero-order valence-corrected chi connectivity index (χ0v) is 17.7. The maximum Gasteiger partial charge on any atom is 0.137 e. The molecule has 0 saturated heterocycles. The largest absolute Gasteiger partial charge is 0.299 e. The van der Waals surface area contributed by atoms with Crippen LogP contribution in [0.5, 0.6) is 0 Å². The van der Waals surface area contributed by atoms with E-state index in [0.29, 0.717) is 12.8 Å². The molecule has 31 heavy (non-hydrogen) atoms. The lowest BCUT2D eigenvalue weighted by Crippen LogP contribution is -2.04. The summed E-state index contributed by atoms with van der Waals surface area (Å²) in [6, 6.07) is 31.6. The van der Waals surface area contributed by atoms with Crippen LogP contribution in [0, 0.1) is 0 Å². The van der Waals surface area contributed by atoms with Crippen LogP contribution in [0.3, 0.4) is 0 Å². The number of pyridine rings is 1. The van der Waals surface area contributed by atoms with Crippen LogP contribution in [0.2, 0.25) is 0 Å². The van der Waals surface area contributed by atoms with Gasteiger partial charge in [0.1, 0.15) is 5.78 Å². The van der Waals surface area contributed by atoms with Crippen molar-refractivity contribution in [1.29, 1.82) is 0 Å². The van der Waals surface area contributed by atoms with Crippen LogP contribution in [0.25, 0.3) is 11.1 Å². The first kappa shape index (κ1) is 20.7. The lowest BCUT2D eigenvalue weighted by molar-refractivity contribution is -0.118. The normalized spacial score (nSPS) is 10.7. The van der Waals surface area contributed by atoms with Crippen molar-refractivity contribution in [2.75, 3.05) is 0 Å². The van der Waals surface area contributed by atoms with Gasteiger partial charge in [0.05, 0.1) is 0 Å². The average Bonchev–Trinajstić information content (AvgIpc) is 2.84. The molecule has 0 aliphatic heterocycles. The number of aromatic nitrogens is 1. The molecule has 0 unspecified atom stereocenters. The predicted octanol–water partition coefficient (Wildman–Crippen LogP) is 6.28. The molecule has 4 aromatic rings. The Labute approximate surface area is 184 Å². The van der Waals surface area contributed by atoms with Crippen LogP contribution in [0.4, 0.5) is 0 Å². The molecule has 0 amide bonds. The number of rotatable bonds is 9.